The topological polar surface area (TPSA) is 90.1 Å². The Morgan fingerprint density at radius 3 is 2.50 bits per heavy atom. The lowest BCUT2D eigenvalue weighted by Crippen LogP contribution is -2.23. The van der Waals surface area contributed by atoms with E-state index >= 15 is 0 Å². The first-order valence-corrected chi connectivity index (χ1v) is 12.2. The van der Waals surface area contributed by atoms with E-state index in [1.165, 1.54) is 22.8 Å². The molecule has 0 bridgehead atoms. The molecule has 1 N–H and O–H groups in total. The molecule has 11 heteroatoms. The van der Waals surface area contributed by atoms with Gasteiger partial charge in [-0.1, -0.05) is 11.6 Å². The maximum atomic E-state index is 14.1. The van der Waals surface area contributed by atoms with Gasteiger partial charge in [0.1, 0.15) is 44.7 Å². The van der Waals surface area contributed by atoms with Gasteiger partial charge in [0.2, 0.25) is 0 Å². The van der Waals surface area contributed by atoms with Gasteiger partial charge >= 0.3 is 0 Å². The molecular formula is C25H23ClF2N4O3S. The molecule has 0 aliphatic carbocycles. The summed E-state index contributed by atoms with van der Waals surface area (Å²) in [5, 5.41) is 12.4. The summed E-state index contributed by atoms with van der Waals surface area (Å²) in [5.41, 5.74) is 1.13. The maximum absolute atomic E-state index is 14.1. The Balaban J connectivity index is 1.73. The highest BCUT2D eigenvalue weighted by Crippen LogP contribution is 2.31. The third-order valence-electron chi connectivity index (χ3n) is 5.43. The Hall–Kier alpha value is -3.21. The number of aromatic nitrogens is 4. The molecule has 4 aromatic heterocycles. The van der Waals surface area contributed by atoms with Crippen molar-refractivity contribution < 1.29 is 18.6 Å². The number of rotatable bonds is 6. The van der Waals surface area contributed by atoms with Gasteiger partial charge in [-0.2, -0.15) is 0 Å². The van der Waals surface area contributed by atoms with Crippen molar-refractivity contribution in [2.45, 2.75) is 46.3 Å². The molecule has 0 aliphatic rings. The lowest BCUT2D eigenvalue weighted by molar-refractivity contribution is 0.0783. The Morgan fingerprint density at radius 2 is 1.86 bits per heavy atom. The van der Waals surface area contributed by atoms with Crippen LogP contribution in [0.5, 0.6) is 5.75 Å². The monoisotopic (exact) mass is 532 g/mol. The van der Waals surface area contributed by atoms with E-state index in [0.29, 0.717) is 33.8 Å². The molecule has 0 saturated heterocycles. The summed E-state index contributed by atoms with van der Waals surface area (Å²) in [6.07, 6.45) is 1.59. The van der Waals surface area contributed by atoms with Gasteiger partial charge in [0.05, 0.1) is 17.6 Å². The lowest BCUT2D eigenvalue weighted by atomic mass is 10.1. The van der Waals surface area contributed by atoms with Crippen molar-refractivity contribution in [3.05, 3.63) is 84.9 Å². The van der Waals surface area contributed by atoms with Crippen molar-refractivity contribution in [2.24, 2.45) is 0 Å². The van der Waals surface area contributed by atoms with Gasteiger partial charge in [-0.15, -0.1) is 11.3 Å². The van der Waals surface area contributed by atoms with Crippen LogP contribution < -0.4 is 10.3 Å². The fourth-order valence-corrected chi connectivity index (χ4v) is 4.62. The zero-order chi connectivity index (χ0) is 26.4. The van der Waals surface area contributed by atoms with Crippen molar-refractivity contribution in [1.82, 2.24) is 19.5 Å². The molecule has 0 saturated carbocycles. The van der Waals surface area contributed by atoms with Crippen molar-refractivity contribution >= 4 is 22.9 Å². The molecule has 4 aromatic rings. The number of hydrogen-bond acceptors (Lipinski definition) is 7. The van der Waals surface area contributed by atoms with Crippen LogP contribution in [0.25, 0.3) is 17.1 Å². The summed E-state index contributed by atoms with van der Waals surface area (Å²) >= 11 is 7.71. The quantitative estimate of drug-likeness (QED) is 0.344. The van der Waals surface area contributed by atoms with Crippen molar-refractivity contribution in [3.63, 3.8) is 0 Å². The largest absolute Gasteiger partial charge is 0.482 e. The average molecular weight is 533 g/mol. The number of ether oxygens (including phenoxy) is 1. The standard InChI is InChI=1S/C25H23ClF2N4O3S/c1-12-9-29-17(18-11-36-24(31-18)25(4,5)34)8-19(12)32-13(2)6-20(21(26)23(32)33)35-14(3)22-16(28)7-15(27)10-30-22/h6-11,14,34H,1-5H3/t14-/m0/s1. The number of hydrogen-bond donors (Lipinski definition) is 1. The number of nitrogens with zero attached hydrogens (tertiary/aromatic N) is 4. The van der Waals surface area contributed by atoms with Gasteiger partial charge in [-0.05, 0) is 46.2 Å². The second-order valence-electron chi connectivity index (χ2n) is 8.84. The van der Waals surface area contributed by atoms with Crippen LogP contribution in [0.2, 0.25) is 5.02 Å². The molecule has 7 nitrogen and oxygen atoms in total. The third-order valence-corrected chi connectivity index (χ3v) is 6.93. The first-order chi connectivity index (χ1) is 16.9. The van der Waals surface area contributed by atoms with E-state index in [0.717, 1.165) is 11.8 Å². The second-order valence-corrected chi connectivity index (χ2v) is 10.1. The predicted octanol–water partition coefficient (Wildman–Crippen LogP) is 5.67. The molecule has 1 atom stereocenters. The first kappa shape index (κ1) is 25.9. The van der Waals surface area contributed by atoms with E-state index in [1.807, 2.05) is 6.92 Å². The van der Waals surface area contributed by atoms with E-state index in [4.69, 9.17) is 16.3 Å². The summed E-state index contributed by atoms with van der Waals surface area (Å²) in [7, 11) is 0. The van der Waals surface area contributed by atoms with Crippen molar-refractivity contribution in [2.75, 3.05) is 0 Å². The number of aryl methyl sites for hydroxylation is 2. The Bertz CT molecular complexity index is 1510. The van der Waals surface area contributed by atoms with E-state index in [-0.39, 0.29) is 16.5 Å². The van der Waals surface area contributed by atoms with Gasteiger partial charge < -0.3 is 9.84 Å². The Kier molecular flexibility index (Phi) is 6.96. The molecule has 0 aliphatic heterocycles. The number of aliphatic hydroxyl groups is 1. The van der Waals surface area contributed by atoms with Crippen LogP contribution in [0.4, 0.5) is 8.78 Å². The SMILES string of the molecule is Cc1cnc(-c2csc(C(C)(C)O)n2)cc1-n1c(C)cc(O[C@@H](C)c2ncc(F)cc2F)c(Cl)c1=O. The van der Waals surface area contributed by atoms with E-state index in [1.54, 1.807) is 44.5 Å². The third kappa shape index (κ3) is 5.02. The molecule has 4 heterocycles. The number of thiazole rings is 1. The van der Waals surface area contributed by atoms with Crippen LogP contribution in [-0.2, 0) is 5.60 Å². The molecular weight excluding hydrogens is 510 g/mol. The Morgan fingerprint density at radius 1 is 1.14 bits per heavy atom. The van der Waals surface area contributed by atoms with Crippen LogP contribution in [0, 0.1) is 25.5 Å². The molecule has 0 fully saturated rings. The van der Waals surface area contributed by atoms with Gasteiger partial charge in [-0.25, -0.2) is 13.8 Å². The highest BCUT2D eigenvalue weighted by Gasteiger charge is 2.23. The van der Waals surface area contributed by atoms with Crippen LogP contribution in [-0.4, -0.2) is 24.6 Å². The molecule has 188 valence electrons. The summed E-state index contributed by atoms with van der Waals surface area (Å²) in [4.78, 5) is 26.0. The second kappa shape index (κ2) is 9.68. The minimum Gasteiger partial charge on any atom is -0.482 e. The van der Waals surface area contributed by atoms with Gasteiger partial charge in [0.15, 0.2) is 5.82 Å². The van der Waals surface area contributed by atoms with Crippen molar-refractivity contribution in [1.29, 1.82) is 0 Å². The molecule has 0 aromatic carbocycles. The molecule has 0 amide bonds. The fourth-order valence-electron chi connectivity index (χ4n) is 3.60. The van der Waals surface area contributed by atoms with Crippen LogP contribution >= 0.6 is 22.9 Å². The average Bonchev–Trinajstić information content (AvgIpc) is 3.29. The summed E-state index contributed by atoms with van der Waals surface area (Å²) in [6, 6.07) is 4.00. The molecule has 36 heavy (non-hydrogen) atoms. The number of pyridine rings is 3. The fraction of sp³-hybridized carbons (Fsp3) is 0.280. The molecule has 4 rings (SSSR count). The first-order valence-electron chi connectivity index (χ1n) is 10.9. The smallest absolute Gasteiger partial charge is 0.277 e. The van der Waals surface area contributed by atoms with E-state index in [9.17, 15) is 18.7 Å². The highest BCUT2D eigenvalue weighted by molar-refractivity contribution is 7.10. The van der Waals surface area contributed by atoms with Crippen LogP contribution in [0.3, 0.4) is 0 Å². The lowest BCUT2D eigenvalue weighted by Gasteiger charge is -2.19. The zero-order valence-corrected chi connectivity index (χ0v) is 21.7. The Labute approximate surface area is 215 Å². The normalized spacial score (nSPS) is 12.6. The summed E-state index contributed by atoms with van der Waals surface area (Å²) in [6.45, 7) is 8.35. The van der Waals surface area contributed by atoms with Crippen LogP contribution in [0.1, 0.15) is 48.8 Å². The summed E-state index contributed by atoms with van der Waals surface area (Å²) in [5.74, 6) is -1.62. The van der Waals surface area contributed by atoms with E-state index in [2.05, 4.69) is 15.0 Å². The van der Waals surface area contributed by atoms with E-state index < -0.39 is 28.9 Å². The van der Waals surface area contributed by atoms with Gasteiger partial charge in [0.25, 0.3) is 5.56 Å². The van der Waals surface area contributed by atoms with Crippen LogP contribution in [0.15, 0.2) is 40.8 Å². The zero-order valence-electron chi connectivity index (χ0n) is 20.1. The maximum Gasteiger partial charge on any atom is 0.277 e. The number of halogens is 3. The molecule has 0 unspecified atom stereocenters. The minimum absolute atomic E-state index is 0.0506. The van der Waals surface area contributed by atoms with Gasteiger partial charge in [0, 0.05) is 29.4 Å². The van der Waals surface area contributed by atoms with Crippen molar-refractivity contribution in [3.8, 4) is 22.8 Å². The minimum atomic E-state index is -1.09. The highest BCUT2D eigenvalue weighted by atomic mass is 35.5. The molecule has 0 radical (unpaired) electrons. The predicted molar refractivity (Wildman–Crippen MR) is 134 cm³/mol. The molecule has 0 spiro atoms. The summed E-state index contributed by atoms with van der Waals surface area (Å²) < 4.78 is 34.5. The van der Waals surface area contributed by atoms with Gasteiger partial charge in [-0.3, -0.25) is 19.3 Å².